The molecule has 5 nitrogen and oxygen atoms in total. The van der Waals surface area contributed by atoms with Gasteiger partial charge in [-0.15, -0.1) is 5.10 Å². The summed E-state index contributed by atoms with van der Waals surface area (Å²) in [5, 5.41) is 10.6. The van der Waals surface area contributed by atoms with Gasteiger partial charge in [-0.1, -0.05) is 70.8 Å². The second kappa shape index (κ2) is 10.8. The number of rotatable bonds is 8. The molecule has 0 saturated heterocycles. The number of aromatic nitrogens is 3. The van der Waals surface area contributed by atoms with Crippen molar-refractivity contribution in [2.75, 3.05) is 0 Å². The predicted octanol–water partition coefficient (Wildman–Crippen LogP) is 6.12. The molecular weight excluding hydrogens is 451 g/mol. The van der Waals surface area contributed by atoms with E-state index in [4.69, 9.17) is 39.6 Å². The van der Waals surface area contributed by atoms with E-state index >= 15 is 0 Å². The standard InChI is InChI=1S/C20H17Cl3N4OS/c1-13-18(9-10-24-28-11-15-3-2-4-17(22)19(15)23)25-20(27-26-13)29-12-14-5-7-16(21)8-6-14/h2-10,24H,11-12H2,1H3. The molecule has 3 aromatic rings. The number of nitrogens with one attached hydrogen (secondary N) is 1. The lowest BCUT2D eigenvalue weighted by Crippen LogP contribution is -2.07. The molecule has 0 aliphatic heterocycles. The molecule has 0 atom stereocenters. The molecule has 0 bridgehead atoms. The van der Waals surface area contributed by atoms with E-state index in [-0.39, 0.29) is 6.61 Å². The molecule has 2 aromatic carbocycles. The largest absolute Gasteiger partial charge is 0.274 e. The molecule has 0 aliphatic carbocycles. The number of hydroxylamine groups is 1. The Kier molecular flexibility index (Phi) is 8.15. The SMILES string of the molecule is Cc1nnc(SCc2ccc(Cl)cc2)nc1C=CNOCc1cccc(Cl)c1Cl. The summed E-state index contributed by atoms with van der Waals surface area (Å²) in [7, 11) is 0. The number of thioether (sulfide) groups is 1. The molecule has 1 aromatic heterocycles. The van der Waals surface area contributed by atoms with Crippen LogP contribution in [0.5, 0.6) is 0 Å². The molecule has 0 fully saturated rings. The van der Waals surface area contributed by atoms with Crippen molar-refractivity contribution in [2.45, 2.75) is 24.4 Å². The third-order valence-corrected chi connectivity index (χ3v) is 5.82. The fourth-order valence-electron chi connectivity index (χ4n) is 2.26. The van der Waals surface area contributed by atoms with Crippen LogP contribution in [-0.2, 0) is 17.2 Å². The van der Waals surface area contributed by atoms with E-state index in [9.17, 15) is 0 Å². The zero-order valence-corrected chi connectivity index (χ0v) is 18.5. The third kappa shape index (κ3) is 6.59. The van der Waals surface area contributed by atoms with E-state index in [1.54, 1.807) is 18.3 Å². The van der Waals surface area contributed by atoms with Gasteiger partial charge < -0.3 is 0 Å². The van der Waals surface area contributed by atoms with Crippen molar-refractivity contribution < 1.29 is 4.84 Å². The van der Waals surface area contributed by atoms with Crippen LogP contribution in [0, 0.1) is 6.92 Å². The van der Waals surface area contributed by atoms with Crippen LogP contribution in [0.4, 0.5) is 0 Å². The molecule has 29 heavy (non-hydrogen) atoms. The summed E-state index contributed by atoms with van der Waals surface area (Å²) in [6.07, 6.45) is 3.42. The first kappa shape index (κ1) is 21.9. The van der Waals surface area contributed by atoms with Gasteiger partial charge in [0, 0.05) is 22.5 Å². The summed E-state index contributed by atoms with van der Waals surface area (Å²) in [4.78, 5) is 9.93. The van der Waals surface area contributed by atoms with Crippen molar-refractivity contribution in [2.24, 2.45) is 0 Å². The maximum atomic E-state index is 6.13. The highest BCUT2D eigenvalue weighted by Gasteiger charge is 2.06. The van der Waals surface area contributed by atoms with E-state index in [1.165, 1.54) is 11.8 Å². The minimum Gasteiger partial charge on any atom is -0.274 e. The van der Waals surface area contributed by atoms with Crippen molar-refractivity contribution in [1.82, 2.24) is 20.7 Å². The number of nitrogens with zero attached hydrogens (tertiary/aromatic N) is 3. The molecule has 0 radical (unpaired) electrons. The number of aryl methyl sites for hydroxylation is 1. The number of benzene rings is 2. The van der Waals surface area contributed by atoms with E-state index in [0.717, 1.165) is 22.6 Å². The van der Waals surface area contributed by atoms with Crippen molar-refractivity contribution in [3.63, 3.8) is 0 Å². The molecule has 1 N–H and O–H groups in total. The Bertz CT molecular complexity index is 1000. The monoisotopic (exact) mass is 466 g/mol. The summed E-state index contributed by atoms with van der Waals surface area (Å²) < 4.78 is 0. The Morgan fingerprint density at radius 3 is 2.66 bits per heavy atom. The molecule has 3 rings (SSSR count). The van der Waals surface area contributed by atoms with E-state index in [2.05, 4.69) is 20.7 Å². The molecule has 1 heterocycles. The minimum absolute atomic E-state index is 0.271. The third-order valence-electron chi connectivity index (χ3n) is 3.81. The zero-order valence-electron chi connectivity index (χ0n) is 15.4. The average Bonchev–Trinajstić information content (AvgIpc) is 2.72. The van der Waals surface area contributed by atoms with E-state index in [1.807, 2.05) is 43.3 Å². The summed E-state index contributed by atoms with van der Waals surface area (Å²) in [5.74, 6) is 0.729. The van der Waals surface area contributed by atoms with Crippen molar-refractivity contribution >= 4 is 52.6 Å². The number of halogens is 3. The average molecular weight is 468 g/mol. The number of hydrogen-bond acceptors (Lipinski definition) is 6. The van der Waals surface area contributed by atoms with E-state index in [0.29, 0.717) is 25.9 Å². The van der Waals surface area contributed by atoms with Gasteiger partial charge in [-0.05, 0) is 36.8 Å². The molecule has 0 spiro atoms. The van der Waals surface area contributed by atoms with Gasteiger partial charge in [0.05, 0.1) is 21.4 Å². The topological polar surface area (TPSA) is 59.9 Å². The fourth-order valence-corrected chi connectivity index (χ4v) is 3.51. The van der Waals surface area contributed by atoms with Crippen molar-refractivity contribution in [1.29, 1.82) is 0 Å². The fraction of sp³-hybridized carbons (Fsp3) is 0.150. The van der Waals surface area contributed by atoms with Crippen molar-refractivity contribution in [3.8, 4) is 0 Å². The van der Waals surface area contributed by atoms with Crippen LogP contribution in [0.2, 0.25) is 15.1 Å². The number of hydrogen-bond donors (Lipinski definition) is 1. The Hall–Kier alpha value is -1.83. The highest BCUT2D eigenvalue weighted by Crippen LogP contribution is 2.25. The van der Waals surface area contributed by atoms with Crippen LogP contribution in [0.3, 0.4) is 0 Å². The van der Waals surface area contributed by atoms with Gasteiger partial charge in [0.1, 0.15) is 6.61 Å². The Morgan fingerprint density at radius 1 is 1.07 bits per heavy atom. The van der Waals surface area contributed by atoms with Crippen LogP contribution in [0.15, 0.2) is 53.8 Å². The molecule has 0 amide bonds. The maximum absolute atomic E-state index is 6.13. The van der Waals surface area contributed by atoms with Gasteiger partial charge in [-0.25, -0.2) is 4.98 Å². The predicted molar refractivity (Wildman–Crippen MR) is 119 cm³/mol. The molecule has 0 saturated carbocycles. The molecule has 0 aliphatic rings. The Morgan fingerprint density at radius 2 is 1.86 bits per heavy atom. The van der Waals surface area contributed by atoms with Gasteiger partial charge in [-0.2, -0.15) is 5.10 Å². The molecule has 9 heteroatoms. The van der Waals surface area contributed by atoms with Gasteiger partial charge >= 0.3 is 0 Å². The maximum Gasteiger partial charge on any atom is 0.209 e. The lowest BCUT2D eigenvalue weighted by molar-refractivity contribution is 0.0582. The van der Waals surface area contributed by atoms with Gasteiger partial charge in [-0.3, -0.25) is 10.3 Å². The van der Waals surface area contributed by atoms with Gasteiger partial charge in [0.15, 0.2) is 0 Å². The first-order chi connectivity index (χ1) is 14.0. The lowest BCUT2D eigenvalue weighted by atomic mass is 10.2. The molecular formula is C20H17Cl3N4OS. The highest BCUT2D eigenvalue weighted by atomic mass is 35.5. The summed E-state index contributed by atoms with van der Waals surface area (Å²) in [6, 6.07) is 13.1. The smallest absolute Gasteiger partial charge is 0.209 e. The van der Waals surface area contributed by atoms with Crippen LogP contribution in [0.1, 0.15) is 22.5 Å². The van der Waals surface area contributed by atoms with Crippen LogP contribution >= 0.6 is 46.6 Å². The quantitative estimate of drug-likeness (QED) is 0.244. The minimum atomic E-state index is 0.271. The van der Waals surface area contributed by atoms with Crippen LogP contribution < -0.4 is 5.48 Å². The van der Waals surface area contributed by atoms with Crippen molar-refractivity contribution in [3.05, 3.63) is 86.2 Å². The van der Waals surface area contributed by atoms with Crippen LogP contribution in [-0.4, -0.2) is 15.2 Å². The summed E-state index contributed by atoms with van der Waals surface area (Å²) in [6.45, 7) is 2.12. The normalized spacial score (nSPS) is 11.2. The lowest BCUT2D eigenvalue weighted by Gasteiger charge is -2.06. The molecule has 0 unspecified atom stereocenters. The Balaban J connectivity index is 1.53. The second-order valence-electron chi connectivity index (χ2n) is 5.93. The van der Waals surface area contributed by atoms with Gasteiger partial charge in [0.25, 0.3) is 0 Å². The molecule has 150 valence electrons. The Labute approximate surface area is 188 Å². The first-order valence-corrected chi connectivity index (χ1v) is 10.7. The van der Waals surface area contributed by atoms with E-state index < -0.39 is 0 Å². The zero-order chi connectivity index (χ0) is 20.6. The van der Waals surface area contributed by atoms with Crippen LogP contribution in [0.25, 0.3) is 6.08 Å². The highest BCUT2D eigenvalue weighted by molar-refractivity contribution is 7.98. The first-order valence-electron chi connectivity index (χ1n) is 8.58. The second-order valence-corrected chi connectivity index (χ2v) is 8.10. The van der Waals surface area contributed by atoms with Gasteiger partial charge in [0.2, 0.25) is 5.16 Å². The summed E-state index contributed by atoms with van der Waals surface area (Å²) >= 11 is 19.5. The summed E-state index contributed by atoms with van der Waals surface area (Å²) in [5.41, 5.74) is 6.10.